The normalized spacial score (nSPS) is 13.7. The Morgan fingerprint density at radius 3 is 2.81 bits per heavy atom. The standard InChI is InChI=1S/C15H16FNO3S/c1-9(7-13(19)14-3-2-6-21-14)17-15(20)11-5-4-10(16)8-12(11)18/h2-6,8-9,13,18-19H,7H2,1H3,(H,17,20). The number of nitrogens with one attached hydrogen (secondary N) is 1. The van der Waals surface area contributed by atoms with Crippen molar-refractivity contribution in [2.75, 3.05) is 0 Å². The van der Waals surface area contributed by atoms with Gasteiger partial charge in [0.1, 0.15) is 11.6 Å². The number of thiophene rings is 1. The third kappa shape index (κ3) is 4.03. The summed E-state index contributed by atoms with van der Waals surface area (Å²) in [6.45, 7) is 1.76. The number of phenolic OH excluding ortho intramolecular Hbond substituents is 1. The minimum absolute atomic E-state index is 0.00821. The van der Waals surface area contributed by atoms with Crippen LogP contribution in [-0.4, -0.2) is 22.2 Å². The van der Waals surface area contributed by atoms with Gasteiger partial charge in [-0.05, 0) is 36.9 Å². The largest absolute Gasteiger partial charge is 0.507 e. The summed E-state index contributed by atoms with van der Waals surface area (Å²) in [6.07, 6.45) is -0.295. The van der Waals surface area contributed by atoms with Gasteiger partial charge in [-0.3, -0.25) is 4.79 Å². The first-order chi connectivity index (χ1) is 9.97. The highest BCUT2D eigenvalue weighted by Gasteiger charge is 2.18. The number of amides is 1. The number of halogens is 1. The molecule has 2 aromatic rings. The number of phenols is 1. The second kappa shape index (κ2) is 6.69. The smallest absolute Gasteiger partial charge is 0.255 e. The SMILES string of the molecule is CC(CC(O)c1cccs1)NC(=O)c1ccc(F)cc1O. The molecule has 2 unspecified atom stereocenters. The summed E-state index contributed by atoms with van der Waals surface area (Å²) in [7, 11) is 0. The predicted octanol–water partition coefficient (Wildman–Crippen LogP) is 2.83. The quantitative estimate of drug-likeness (QED) is 0.795. The minimum Gasteiger partial charge on any atom is -0.507 e. The van der Waals surface area contributed by atoms with Crippen molar-refractivity contribution < 1.29 is 19.4 Å². The number of hydrogen-bond acceptors (Lipinski definition) is 4. The van der Waals surface area contributed by atoms with E-state index in [1.165, 1.54) is 17.4 Å². The van der Waals surface area contributed by atoms with Crippen molar-refractivity contribution >= 4 is 17.2 Å². The molecule has 2 rings (SSSR count). The molecule has 4 nitrogen and oxygen atoms in total. The van der Waals surface area contributed by atoms with Crippen LogP contribution >= 0.6 is 11.3 Å². The molecule has 3 N–H and O–H groups in total. The van der Waals surface area contributed by atoms with Gasteiger partial charge in [0, 0.05) is 17.0 Å². The molecule has 1 aromatic carbocycles. The Balaban J connectivity index is 1.96. The highest BCUT2D eigenvalue weighted by Crippen LogP contribution is 2.23. The first-order valence-corrected chi connectivity index (χ1v) is 7.36. The lowest BCUT2D eigenvalue weighted by Crippen LogP contribution is -2.33. The molecular weight excluding hydrogens is 293 g/mol. The Kier molecular flexibility index (Phi) is 4.93. The molecule has 21 heavy (non-hydrogen) atoms. The third-order valence-electron chi connectivity index (χ3n) is 3.03. The van der Waals surface area contributed by atoms with Crippen molar-refractivity contribution in [3.8, 4) is 5.75 Å². The molecule has 0 spiro atoms. The molecule has 1 aromatic heterocycles. The molecular formula is C15H16FNO3S. The van der Waals surface area contributed by atoms with Gasteiger partial charge in [0.25, 0.3) is 5.91 Å². The van der Waals surface area contributed by atoms with E-state index in [0.29, 0.717) is 6.42 Å². The Bertz CT molecular complexity index is 615. The van der Waals surface area contributed by atoms with Crippen LogP contribution in [0.4, 0.5) is 4.39 Å². The molecule has 0 aliphatic carbocycles. The summed E-state index contributed by atoms with van der Waals surface area (Å²) in [5.41, 5.74) is 0.00821. The van der Waals surface area contributed by atoms with E-state index in [0.717, 1.165) is 17.0 Å². The molecule has 0 aliphatic heterocycles. The Hall–Kier alpha value is -1.92. The molecule has 0 fully saturated rings. The molecule has 6 heteroatoms. The molecule has 112 valence electrons. The minimum atomic E-state index is -0.651. The van der Waals surface area contributed by atoms with Crippen LogP contribution in [0.15, 0.2) is 35.7 Å². The fourth-order valence-electron chi connectivity index (χ4n) is 1.99. The van der Waals surface area contributed by atoms with Crippen molar-refractivity contribution in [1.29, 1.82) is 0 Å². The van der Waals surface area contributed by atoms with Gasteiger partial charge in [0.05, 0.1) is 11.7 Å². The van der Waals surface area contributed by atoms with Gasteiger partial charge >= 0.3 is 0 Å². The molecule has 0 bridgehead atoms. The summed E-state index contributed by atoms with van der Waals surface area (Å²) >= 11 is 1.45. The number of rotatable bonds is 5. The third-order valence-corrected chi connectivity index (χ3v) is 4.00. The van der Waals surface area contributed by atoms with Gasteiger partial charge in [-0.25, -0.2) is 4.39 Å². The van der Waals surface area contributed by atoms with E-state index in [-0.39, 0.29) is 11.6 Å². The van der Waals surface area contributed by atoms with E-state index in [1.807, 2.05) is 17.5 Å². The van der Waals surface area contributed by atoms with E-state index in [9.17, 15) is 19.4 Å². The van der Waals surface area contributed by atoms with Crippen LogP contribution in [0, 0.1) is 5.82 Å². The summed E-state index contributed by atoms with van der Waals surface area (Å²) in [6, 6.07) is 6.61. The average Bonchev–Trinajstić information content (AvgIpc) is 2.91. The van der Waals surface area contributed by atoms with Crippen LogP contribution < -0.4 is 5.32 Å². The number of aliphatic hydroxyl groups excluding tert-OH is 1. The summed E-state index contributed by atoms with van der Waals surface area (Å²) in [4.78, 5) is 12.8. The molecule has 0 aliphatic rings. The molecule has 1 heterocycles. The van der Waals surface area contributed by atoms with Gasteiger partial charge in [0.15, 0.2) is 0 Å². The second-order valence-electron chi connectivity index (χ2n) is 4.80. The number of carbonyl (C=O) groups excluding carboxylic acids is 1. The number of carbonyl (C=O) groups is 1. The number of aromatic hydroxyl groups is 1. The second-order valence-corrected chi connectivity index (χ2v) is 5.78. The summed E-state index contributed by atoms with van der Waals surface area (Å²) < 4.78 is 12.9. The van der Waals surface area contributed by atoms with Gasteiger partial charge < -0.3 is 15.5 Å². The van der Waals surface area contributed by atoms with Crippen LogP contribution in [0.25, 0.3) is 0 Å². The van der Waals surface area contributed by atoms with Crippen LogP contribution in [0.2, 0.25) is 0 Å². The Labute approximate surface area is 125 Å². The van der Waals surface area contributed by atoms with Gasteiger partial charge in [0.2, 0.25) is 0 Å². The number of hydrogen-bond donors (Lipinski definition) is 3. The van der Waals surface area contributed by atoms with Crippen molar-refractivity contribution in [3.05, 3.63) is 52.0 Å². The Morgan fingerprint density at radius 2 is 2.19 bits per heavy atom. The van der Waals surface area contributed by atoms with Gasteiger partial charge in [-0.1, -0.05) is 6.07 Å². The van der Waals surface area contributed by atoms with Crippen molar-refractivity contribution in [1.82, 2.24) is 5.32 Å². The molecule has 0 saturated carbocycles. The zero-order valence-corrected chi connectivity index (χ0v) is 12.2. The number of aliphatic hydroxyl groups is 1. The maximum absolute atomic E-state index is 12.9. The lowest BCUT2D eigenvalue weighted by Gasteiger charge is -2.17. The van der Waals surface area contributed by atoms with E-state index >= 15 is 0 Å². The van der Waals surface area contributed by atoms with Crippen LogP contribution in [-0.2, 0) is 0 Å². The highest BCUT2D eigenvalue weighted by molar-refractivity contribution is 7.10. The lowest BCUT2D eigenvalue weighted by molar-refractivity contribution is 0.0915. The van der Waals surface area contributed by atoms with Crippen molar-refractivity contribution in [2.24, 2.45) is 0 Å². The monoisotopic (exact) mass is 309 g/mol. The highest BCUT2D eigenvalue weighted by atomic mass is 32.1. The zero-order valence-electron chi connectivity index (χ0n) is 11.4. The van der Waals surface area contributed by atoms with E-state index < -0.39 is 23.6 Å². The zero-order chi connectivity index (χ0) is 15.4. The van der Waals surface area contributed by atoms with Crippen LogP contribution in [0.1, 0.15) is 34.7 Å². The number of benzene rings is 1. The Morgan fingerprint density at radius 1 is 1.43 bits per heavy atom. The van der Waals surface area contributed by atoms with E-state index in [2.05, 4.69) is 5.32 Å². The summed E-state index contributed by atoms with van der Waals surface area (Å²) in [5, 5.41) is 24.1. The predicted molar refractivity (Wildman–Crippen MR) is 78.9 cm³/mol. The summed E-state index contributed by atoms with van der Waals surface area (Å²) in [5.74, 6) is -1.51. The fourth-order valence-corrected chi connectivity index (χ4v) is 2.71. The fraction of sp³-hybridized carbons (Fsp3) is 0.267. The maximum Gasteiger partial charge on any atom is 0.255 e. The van der Waals surface area contributed by atoms with E-state index in [4.69, 9.17) is 0 Å². The van der Waals surface area contributed by atoms with Gasteiger partial charge in [-0.15, -0.1) is 11.3 Å². The maximum atomic E-state index is 12.9. The van der Waals surface area contributed by atoms with Crippen molar-refractivity contribution in [2.45, 2.75) is 25.5 Å². The topological polar surface area (TPSA) is 69.6 Å². The van der Waals surface area contributed by atoms with Gasteiger partial charge in [-0.2, -0.15) is 0 Å². The van der Waals surface area contributed by atoms with Crippen LogP contribution in [0.5, 0.6) is 5.75 Å². The molecule has 1 amide bonds. The van der Waals surface area contributed by atoms with Crippen molar-refractivity contribution in [3.63, 3.8) is 0 Å². The van der Waals surface area contributed by atoms with E-state index in [1.54, 1.807) is 6.92 Å². The average molecular weight is 309 g/mol. The first kappa shape index (κ1) is 15.5. The molecule has 0 radical (unpaired) electrons. The van der Waals surface area contributed by atoms with Crippen LogP contribution in [0.3, 0.4) is 0 Å². The first-order valence-electron chi connectivity index (χ1n) is 6.48. The molecule has 2 atom stereocenters. The molecule has 0 saturated heterocycles. The lowest BCUT2D eigenvalue weighted by atomic mass is 10.1.